The number of carbonyl (C=O) groups is 1. The summed E-state index contributed by atoms with van der Waals surface area (Å²) in [6, 6.07) is 0.263. The number of aromatic nitrogens is 2. The van der Waals surface area contributed by atoms with Gasteiger partial charge in [0.15, 0.2) is 0 Å². The summed E-state index contributed by atoms with van der Waals surface area (Å²) in [5.74, 6) is 1.18. The molecule has 0 unspecified atom stereocenters. The van der Waals surface area contributed by atoms with E-state index in [1.807, 2.05) is 18.7 Å². The van der Waals surface area contributed by atoms with Gasteiger partial charge in [0.2, 0.25) is 0 Å². The molecule has 1 saturated heterocycles. The lowest BCUT2D eigenvalue weighted by molar-refractivity contribution is 0.179. The van der Waals surface area contributed by atoms with Gasteiger partial charge in [-0.05, 0) is 39.5 Å². The zero-order valence-electron chi connectivity index (χ0n) is 12.1. The number of nitrogens with one attached hydrogen (secondary N) is 1. The minimum atomic E-state index is 0.0642. The molecule has 2 aliphatic rings. The second-order valence-electron chi connectivity index (χ2n) is 6.12. The van der Waals surface area contributed by atoms with Gasteiger partial charge in [-0.15, -0.1) is 21.5 Å². The predicted molar refractivity (Wildman–Crippen MR) is 79.1 cm³/mol. The molecule has 0 atom stereocenters. The first-order valence-electron chi connectivity index (χ1n) is 7.52. The smallest absolute Gasteiger partial charge is 0.317 e. The van der Waals surface area contributed by atoms with Crippen LogP contribution >= 0.6 is 11.3 Å². The summed E-state index contributed by atoms with van der Waals surface area (Å²) in [4.78, 5) is 13.9. The summed E-state index contributed by atoms with van der Waals surface area (Å²) in [6.45, 7) is 5.62. The van der Waals surface area contributed by atoms with E-state index < -0.39 is 0 Å². The van der Waals surface area contributed by atoms with Gasteiger partial charge in [-0.1, -0.05) is 0 Å². The van der Waals surface area contributed by atoms with Crippen LogP contribution in [0.4, 0.5) is 4.79 Å². The van der Waals surface area contributed by atoms with Gasteiger partial charge < -0.3 is 10.2 Å². The van der Waals surface area contributed by atoms with Crippen molar-refractivity contribution in [3.05, 3.63) is 10.0 Å². The fraction of sp³-hybridized carbons (Fsp3) is 0.786. The standard InChI is InChI=1S/C14H22N4OS/c1-9(2)15-14(19)18-7-5-11(6-8-18)13-17-16-12(20-13)10-3-4-10/h9-11H,3-8H2,1-2H3,(H,15,19). The number of piperidine rings is 1. The van der Waals surface area contributed by atoms with E-state index in [9.17, 15) is 4.79 Å². The van der Waals surface area contributed by atoms with Crippen LogP contribution in [0.15, 0.2) is 0 Å². The molecule has 1 N–H and O–H groups in total. The molecule has 0 radical (unpaired) electrons. The molecule has 1 saturated carbocycles. The fourth-order valence-electron chi connectivity index (χ4n) is 2.57. The Hall–Kier alpha value is -1.17. The van der Waals surface area contributed by atoms with E-state index in [0.717, 1.165) is 25.9 Å². The van der Waals surface area contributed by atoms with Crippen LogP contribution in [0.3, 0.4) is 0 Å². The van der Waals surface area contributed by atoms with Crippen molar-refractivity contribution in [1.29, 1.82) is 0 Å². The Morgan fingerprint density at radius 1 is 1.15 bits per heavy atom. The fourth-order valence-corrected chi connectivity index (χ4v) is 3.76. The molecular weight excluding hydrogens is 272 g/mol. The van der Waals surface area contributed by atoms with Crippen molar-refractivity contribution < 1.29 is 4.79 Å². The average Bonchev–Trinajstić information content (AvgIpc) is 3.16. The largest absolute Gasteiger partial charge is 0.336 e. The Labute approximate surface area is 123 Å². The third-order valence-corrected chi connectivity index (χ3v) is 5.17. The van der Waals surface area contributed by atoms with E-state index in [2.05, 4.69) is 15.5 Å². The number of rotatable bonds is 3. The maximum atomic E-state index is 11.9. The molecule has 5 nitrogen and oxygen atoms in total. The van der Waals surface area contributed by atoms with E-state index >= 15 is 0 Å². The Morgan fingerprint density at radius 2 is 1.70 bits per heavy atom. The number of nitrogens with zero attached hydrogens (tertiary/aromatic N) is 3. The van der Waals surface area contributed by atoms with Crippen molar-refractivity contribution >= 4 is 17.4 Å². The Kier molecular flexibility index (Phi) is 3.92. The second-order valence-corrected chi connectivity index (χ2v) is 7.16. The normalized spacial score (nSPS) is 20.4. The van der Waals surface area contributed by atoms with E-state index in [0.29, 0.717) is 11.8 Å². The molecule has 1 aliphatic carbocycles. The number of carbonyl (C=O) groups excluding carboxylic acids is 1. The second kappa shape index (κ2) is 5.68. The molecule has 0 spiro atoms. The van der Waals surface area contributed by atoms with E-state index in [4.69, 9.17) is 0 Å². The SMILES string of the molecule is CC(C)NC(=O)N1CCC(c2nnc(C3CC3)s2)CC1. The molecule has 0 aromatic carbocycles. The van der Waals surface area contributed by atoms with Gasteiger partial charge in [0.25, 0.3) is 0 Å². The zero-order valence-corrected chi connectivity index (χ0v) is 12.9. The highest BCUT2D eigenvalue weighted by atomic mass is 32.1. The summed E-state index contributed by atoms with van der Waals surface area (Å²) >= 11 is 1.79. The van der Waals surface area contributed by atoms with Gasteiger partial charge in [-0.2, -0.15) is 0 Å². The van der Waals surface area contributed by atoms with Crippen molar-refractivity contribution in [2.75, 3.05) is 13.1 Å². The summed E-state index contributed by atoms with van der Waals surface area (Å²) in [5.41, 5.74) is 0. The van der Waals surface area contributed by atoms with Crippen LogP contribution in [0.25, 0.3) is 0 Å². The lowest BCUT2D eigenvalue weighted by atomic mass is 9.98. The molecule has 110 valence electrons. The van der Waals surface area contributed by atoms with Crippen LogP contribution < -0.4 is 5.32 Å². The summed E-state index contributed by atoms with van der Waals surface area (Å²) in [5, 5.41) is 14.0. The first-order chi connectivity index (χ1) is 9.63. The van der Waals surface area contributed by atoms with Gasteiger partial charge in [-0.25, -0.2) is 4.79 Å². The molecule has 6 heteroatoms. The molecule has 3 rings (SSSR count). The van der Waals surface area contributed by atoms with E-state index in [1.54, 1.807) is 11.3 Å². The van der Waals surface area contributed by atoms with Crippen molar-refractivity contribution in [3.63, 3.8) is 0 Å². The first kappa shape index (κ1) is 13.8. The quantitative estimate of drug-likeness (QED) is 0.932. The number of hydrogen-bond donors (Lipinski definition) is 1. The third-order valence-electron chi connectivity index (χ3n) is 3.93. The molecule has 0 bridgehead atoms. The highest BCUT2D eigenvalue weighted by Gasteiger charge is 2.30. The summed E-state index contributed by atoms with van der Waals surface area (Å²) < 4.78 is 0. The van der Waals surface area contributed by atoms with Crippen LogP contribution in [0.1, 0.15) is 61.4 Å². The van der Waals surface area contributed by atoms with Crippen LogP contribution in [-0.2, 0) is 0 Å². The van der Waals surface area contributed by atoms with Gasteiger partial charge in [0.1, 0.15) is 10.0 Å². The van der Waals surface area contributed by atoms with Crippen molar-refractivity contribution in [2.45, 2.75) is 57.4 Å². The van der Waals surface area contributed by atoms with Crippen LogP contribution in [0.2, 0.25) is 0 Å². The summed E-state index contributed by atoms with van der Waals surface area (Å²) in [7, 11) is 0. The highest BCUT2D eigenvalue weighted by Crippen LogP contribution is 2.43. The number of hydrogen-bond acceptors (Lipinski definition) is 4. The maximum absolute atomic E-state index is 11.9. The molecular formula is C14H22N4OS. The van der Waals surface area contributed by atoms with Gasteiger partial charge in [0, 0.05) is 31.0 Å². The molecule has 1 aromatic rings. The zero-order chi connectivity index (χ0) is 14.1. The average molecular weight is 294 g/mol. The number of likely N-dealkylation sites (tertiary alicyclic amines) is 1. The molecule has 1 aliphatic heterocycles. The topological polar surface area (TPSA) is 58.1 Å². The maximum Gasteiger partial charge on any atom is 0.317 e. The minimum absolute atomic E-state index is 0.0642. The van der Waals surface area contributed by atoms with Gasteiger partial charge in [0.05, 0.1) is 0 Å². The van der Waals surface area contributed by atoms with Gasteiger partial charge >= 0.3 is 6.03 Å². The van der Waals surface area contributed by atoms with Crippen LogP contribution in [0.5, 0.6) is 0 Å². The van der Waals surface area contributed by atoms with Crippen molar-refractivity contribution in [1.82, 2.24) is 20.4 Å². The molecule has 20 heavy (non-hydrogen) atoms. The molecule has 2 amide bonds. The van der Waals surface area contributed by atoms with Gasteiger partial charge in [-0.3, -0.25) is 0 Å². The number of urea groups is 1. The highest BCUT2D eigenvalue weighted by molar-refractivity contribution is 7.11. The van der Waals surface area contributed by atoms with E-state index in [-0.39, 0.29) is 12.1 Å². The predicted octanol–water partition coefficient (Wildman–Crippen LogP) is 2.71. The van der Waals surface area contributed by atoms with Crippen LogP contribution in [0, 0.1) is 0 Å². The lowest BCUT2D eigenvalue weighted by Crippen LogP contribution is -2.46. The molecule has 2 heterocycles. The van der Waals surface area contributed by atoms with Crippen molar-refractivity contribution in [2.24, 2.45) is 0 Å². The number of amides is 2. The first-order valence-corrected chi connectivity index (χ1v) is 8.34. The Morgan fingerprint density at radius 3 is 2.20 bits per heavy atom. The molecule has 2 fully saturated rings. The lowest BCUT2D eigenvalue weighted by Gasteiger charge is -2.31. The summed E-state index contributed by atoms with van der Waals surface area (Å²) in [6.07, 6.45) is 4.57. The Balaban J connectivity index is 1.53. The third kappa shape index (κ3) is 3.11. The monoisotopic (exact) mass is 294 g/mol. The van der Waals surface area contributed by atoms with E-state index in [1.165, 1.54) is 22.9 Å². The van der Waals surface area contributed by atoms with Crippen molar-refractivity contribution in [3.8, 4) is 0 Å². The Bertz CT molecular complexity index is 475. The minimum Gasteiger partial charge on any atom is -0.336 e. The van der Waals surface area contributed by atoms with Crippen LogP contribution in [-0.4, -0.2) is 40.3 Å². The molecule has 1 aromatic heterocycles.